The van der Waals surface area contributed by atoms with Crippen LogP contribution in [0.1, 0.15) is 43.8 Å². The number of ether oxygens (including phenoxy) is 1. The number of halogens is 2. The number of rotatable bonds is 3. The van der Waals surface area contributed by atoms with Gasteiger partial charge in [-0.2, -0.15) is 0 Å². The minimum Gasteiger partial charge on any atom is -0.370 e. The van der Waals surface area contributed by atoms with E-state index in [0.29, 0.717) is 31.0 Å². The third-order valence-electron chi connectivity index (χ3n) is 6.96. The van der Waals surface area contributed by atoms with Gasteiger partial charge >= 0.3 is 0 Å². The molecule has 3 saturated heterocycles. The molecule has 2 unspecified atom stereocenters. The first-order valence-electron chi connectivity index (χ1n) is 10.4. The number of nitrogens with two attached hydrogens (primary N) is 1. The molecule has 3 heterocycles. The monoisotopic (exact) mass is 391 g/mol. The van der Waals surface area contributed by atoms with Crippen molar-refractivity contribution in [2.24, 2.45) is 11.7 Å². The van der Waals surface area contributed by atoms with Crippen molar-refractivity contribution < 1.29 is 18.3 Å². The summed E-state index contributed by atoms with van der Waals surface area (Å²) in [6, 6.07) is 3.86. The largest absolute Gasteiger partial charge is 0.370 e. The third kappa shape index (κ3) is 3.13. The molecule has 1 aromatic rings. The Kier molecular flexibility index (Phi) is 4.64. The van der Waals surface area contributed by atoms with E-state index < -0.39 is 17.7 Å². The van der Waals surface area contributed by atoms with Gasteiger partial charge in [-0.25, -0.2) is 8.78 Å². The van der Waals surface area contributed by atoms with E-state index in [2.05, 4.69) is 9.80 Å². The Balaban J connectivity index is 1.25. The number of benzene rings is 1. The molecule has 2 N–H and O–H groups in total. The molecule has 5 nitrogen and oxygen atoms in total. The standard InChI is InChI=1S/C21H27F2N3O2/c22-13-3-4-16(23)15(9-13)20-17(24)10-14(11-28-20)25-7-5-19-18(25)6-8-26(19)21(27)12-1-2-12/h3-4,9,12,14,17-20H,1-2,5-8,10-11,24H2/t14-,17+,18?,19?,20-/m1/s1. The minimum absolute atomic E-state index is 0.161. The van der Waals surface area contributed by atoms with Gasteiger partial charge in [-0.3, -0.25) is 9.69 Å². The van der Waals surface area contributed by atoms with E-state index in [1.807, 2.05) is 0 Å². The third-order valence-corrected chi connectivity index (χ3v) is 6.96. The molecule has 4 fully saturated rings. The first-order valence-corrected chi connectivity index (χ1v) is 10.4. The highest BCUT2D eigenvalue weighted by Crippen LogP contribution is 2.40. The van der Waals surface area contributed by atoms with E-state index in [1.165, 1.54) is 6.07 Å². The molecule has 4 aliphatic rings. The predicted octanol–water partition coefficient (Wildman–Crippen LogP) is 2.21. The molecule has 1 aromatic carbocycles. The van der Waals surface area contributed by atoms with E-state index in [4.69, 9.17) is 10.5 Å². The van der Waals surface area contributed by atoms with Gasteiger partial charge in [-0.15, -0.1) is 0 Å². The number of carbonyl (C=O) groups is 1. The van der Waals surface area contributed by atoms with Crippen LogP contribution < -0.4 is 5.73 Å². The van der Waals surface area contributed by atoms with Gasteiger partial charge < -0.3 is 15.4 Å². The Morgan fingerprint density at radius 1 is 1.11 bits per heavy atom. The van der Waals surface area contributed by atoms with Gasteiger partial charge in [0.2, 0.25) is 5.91 Å². The summed E-state index contributed by atoms with van der Waals surface area (Å²) in [5, 5.41) is 0. The number of hydrogen-bond donors (Lipinski definition) is 1. The molecule has 7 heteroatoms. The molecule has 0 aromatic heterocycles. The molecular formula is C21H27F2N3O2. The highest BCUT2D eigenvalue weighted by molar-refractivity contribution is 5.81. The van der Waals surface area contributed by atoms with E-state index in [1.54, 1.807) is 0 Å². The maximum atomic E-state index is 14.1. The first-order chi connectivity index (χ1) is 13.5. The molecule has 0 spiro atoms. The van der Waals surface area contributed by atoms with Gasteiger partial charge in [-0.1, -0.05) is 0 Å². The lowest BCUT2D eigenvalue weighted by Gasteiger charge is -2.40. The van der Waals surface area contributed by atoms with Crippen molar-refractivity contribution >= 4 is 5.91 Å². The topological polar surface area (TPSA) is 58.8 Å². The Hall–Kier alpha value is -1.57. The zero-order chi connectivity index (χ0) is 19.4. The van der Waals surface area contributed by atoms with Crippen molar-refractivity contribution in [1.82, 2.24) is 9.80 Å². The van der Waals surface area contributed by atoms with Crippen molar-refractivity contribution in [3.8, 4) is 0 Å². The molecule has 0 bridgehead atoms. The number of fused-ring (bicyclic) bond motifs is 1. The highest BCUT2D eigenvalue weighted by atomic mass is 19.1. The van der Waals surface area contributed by atoms with E-state index in [0.717, 1.165) is 50.9 Å². The maximum absolute atomic E-state index is 14.1. The fourth-order valence-corrected chi connectivity index (χ4v) is 5.44. The average Bonchev–Trinajstić information content (AvgIpc) is 3.32. The van der Waals surface area contributed by atoms with Crippen LogP contribution in [0.4, 0.5) is 8.78 Å². The summed E-state index contributed by atoms with van der Waals surface area (Å²) in [5.74, 6) is -0.358. The number of likely N-dealkylation sites (tertiary alicyclic amines) is 2. The molecule has 152 valence electrons. The second kappa shape index (κ2) is 7.04. The van der Waals surface area contributed by atoms with Crippen molar-refractivity contribution in [3.63, 3.8) is 0 Å². The molecule has 3 aliphatic heterocycles. The fraction of sp³-hybridized carbons (Fsp3) is 0.667. The summed E-state index contributed by atoms with van der Waals surface area (Å²) in [6.07, 6.45) is 4.13. The summed E-state index contributed by atoms with van der Waals surface area (Å²) in [6.45, 7) is 2.23. The highest BCUT2D eigenvalue weighted by Gasteiger charge is 2.49. The summed E-state index contributed by atoms with van der Waals surface area (Å²) in [5.41, 5.74) is 6.54. The van der Waals surface area contributed by atoms with Gasteiger partial charge in [0.1, 0.15) is 17.7 Å². The average molecular weight is 391 g/mol. The summed E-state index contributed by atoms with van der Waals surface area (Å²) in [4.78, 5) is 17.1. The van der Waals surface area contributed by atoms with E-state index in [-0.39, 0.29) is 23.6 Å². The van der Waals surface area contributed by atoms with Crippen LogP contribution >= 0.6 is 0 Å². The lowest BCUT2D eigenvalue weighted by atomic mass is 9.93. The van der Waals surface area contributed by atoms with Crippen LogP contribution in [0.2, 0.25) is 0 Å². The summed E-state index contributed by atoms with van der Waals surface area (Å²) < 4.78 is 33.7. The number of amides is 1. The van der Waals surface area contributed by atoms with Crippen LogP contribution in [0, 0.1) is 17.6 Å². The van der Waals surface area contributed by atoms with Crippen molar-refractivity contribution in [2.75, 3.05) is 19.7 Å². The van der Waals surface area contributed by atoms with Gasteiger partial charge in [0.05, 0.1) is 6.61 Å². The number of carbonyl (C=O) groups excluding carboxylic acids is 1. The van der Waals surface area contributed by atoms with Gasteiger partial charge in [0.25, 0.3) is 0 Å². The zero-order valence-corrected chi connectivity index (χ0v) is 15.9. The molecule has 1 aliphatic carbocycles. The van der Waals surface area contributed by atoms with Crippen LogP contribution in [-0.4, -0.2) is 59.6 Å². The molecule has 5 rings (SSSR count). The molecular weight excluding hydrogens is 364 g/mol. The zero-order valence-electron chi connectivity index (χ0n) is 15.9. The molecule has 5 atom stereocenters. The smallest absolute Gasteiger partial charge is 0.225 e. The normalized spacial score (nSPS) is 36.0. The summed E-state index contributed by atoms with van der Waals surface area (Å²) in [7, 11) is 0. The fourth-order valence-electron chi connectivity index (χ4n) is 5.44. The Morgan fingerprint density at radius 2 is 1.89 bits per heavy atom. The molecule has 1 amide bonds. The van der Waals surface area contributed by atoms with Crippen molar-refractivity contribution in [3.05, 3.63) is 35.4 Å². The van der Waals surface area contributed by atoms with Crippen LogP contribution in [0.5, 0.6) is 0 Å². The lowest BCUT2D eigenvalue weighted by Crippen LogP contribution is -2.51. The number of hydrogen-bond acceptors (Lipinski definition) is 4. The predicted molar refractivity (Wildman–Crippen MR) is 99.4 cm³/mol. The van der Waals surface area contributed by atoms with Crippen LogP contribution in [0.15, 0.2) is 18.2 Å². The van der Waals surface area contributed by atoms with Crippen LogP contribution in [0.3, 0.4) is 0 Å². The quantitative estimate of drug-likeness (QED) is 0.858. The Bertz CT molecular complexity index is 772. The molecule has 0 radical (unpaired) electrons. The number of nitrogens with zero attached hydrogens (tertiary/aromatic N) is 2. The van der Waals surface area contributed by atoms with Crippen molar-refractivity contribution in [1.29, 1.82) is 0 Å². The van der Waals surface area contributed by atoms with E-state index >= 15 is 0 Å². The minimum atomic E-state index is -0.623. The lowest BCUT2D eigenvalue weighted by molar-refractivity contribution is -0.133. The second-order valence-corrected chi connectivity index (χ2v) is 8.73. The van der Waals surface area contributed by atoms with E-state index in [9.17, 15) is 13.6 Å². The SMILES string of the molecule is N[C@H]1C[C@@H](N2CCC3C2CCN3C(=O)C2CC2)CO[C@@H]1c1cc(F)ccc1F. The Morgan fingerprint density at radius 3 is 2.64 bits per heavy atom. The van der Waals surface area contributed by atoms with Crippen molar-refractivity contribution in [2.45, 2.75) is 62.4 Å². The van der Waals surface area contributed by atoms with Gasteiger partial charge in [0.15, 0.2) is 0 Å². The Labute approximate surface area is 163 Å². The van der Waals surface area contributed by atoms with Crippen LogP contribution in [0.25, 0.3) is 0 Å². The maximum Gasteiger partial charge on any atom is 0.225 e. The molecule has 28 heavy (non-hydrogen) atoms. The first kappa shape index (κ1) is 18.5. The second-order valence-electron chi connectivity index (χ2n) is 8.73. The summed E-state index contributed by atoms with van der Waals surface area (Å²) >= 11 is 0. The van der Waals surface area contributed by atoms with Gasteiger partial charge in [0, 0.05) is 48.7 Å². The van der Waals surface area contributed by atoms with Crippen LogP contribution in [-0.2, 0) is 9.53 Å². The molecule has 1 saturated carbocycles. The van der Waals surface area contributed by atoms with Gasteiger partial charge in [-0.05, 0) is 50.3 Å².